The van der Waals surface area contributed by atoms with Gasteiger partial charge in [-0.25, -0.2) is 17.8 Å². The molecule has 1 aromatic carbocycles. The molecule has 7 nitrogen and oxygen atoms in total. The zero-order valence-electron chi connectivity index (χ0n) is 13.5. The van der Waals surface area contributed by atoms with Crippen LogP contribution in [-0.4, -0.2) is 31.3 Å². The van der Waals surface area contributed by atoms with Gasteiger partial charge in [0.1, 0.15) is 10.6 Å². The Bertz CT molecular complexity index is 921. The quantitative estimate of drug-likeness (QED) is 0.874. The van der Waals surface area contributed by atoms with Gasteiger partial charge in [-0.05, 0) is 37.0 Å². The topological polar surface area (TPSA) is 90.3 Å². The molecule has 0 amide bonds. The first-order valence-corrected chi connectivity index (χ1v) is 9.10. The molecular formula is C16H19N3O4S. The molecule has 1 heterocycles. The number of aryl methyl sites for hydroxylation is 2. The van der Waals surface area contributed by atoms with Crippen molar-refractivity contribution in [2.45, 2.75) is 30.2 Å². The minimum absolute atomic E-state index is 0.111. The van der Waals surface area contributed by atoms with Crippen LogP contribution in [0, 0.1) is 0 Å². The molecule has 0 saturated carbocycles. The van der Waals surface area contributed by atoms with Crippen LogP contribution in [-0.2, 0) is 29.9 Å². The number of methoxy groups -OCH3 is 1. The average Bonchev–Trinajstić information content (AvgIpc) is 2.56. The van der Waals surface area contributed by atoms with Gasteiger partial charge < -0.3 is 4.74 Å². The van der Waals surface area contributed by atoms with Crippen LogP contribution < -0.4 is 15.0 Å². The number of para-hydroxylation sites is 1. The molecule has 0 radical (unpaired) electrons. The summed E-state index contributed by atoms with van der Waals surface area (Å²) in [6.07, 6.45) is 1.71. The Morgan fingerprint density at radius 2 is 2.08 bits per heavy atom. The van der Waals surface area contributed by atoms with E-state index in [9.17, 15) is 13.2 Å². The molecule has 2 aromatic rings. The maximum Gasteiger partial charge on any atom is 0.266 e. The molecule has 24 heavy (non-hydrogen) atoms. The number of fused-ring (bicyclic) bond motifs is 1. The first-order chi connectivity index (χ1) is 11.4. The highest BCUT2D eigenvalue weighted by Crippen LogP contribution is 2.25. The molecule has 0 aliphatic heterocycles. The van der Waals surface area contributed by atoms with Gasteiger partial charge in [0, 0.05) is 19.2 Å². The van der Waals surface area contributed by atoms with Gasteiger partial charge in [-0.2, -0.15) is 5.10 Å². The number of nitrogens with one attached hydrogen (secondary N) is 1. The molecule has 0 bridgehead atoms. The Kier molecular flexibility index (Phi) is 4.42. The van der Waals surface area contributed by atoms with E-state index in [0.29, 0.717) is 25.0 Å². The largest absolute Gasteiger partial charge is 0.495 e. The fourth-order valence-corrected chi connectivity index (χ4v) is 4.35. The van der Waals surface area contributed by atoms with Crippen molar-refractivity contribution < 1.29 is 13.2 Å². The van der Waals surface area contributed by atoms with E-state index in [1.807, 2.05) is 0 Å². The van der Waals surface area contributed by atoms with Gasteiger partial charge in [-0.1, -0.05) is 12.1 Å². The Hall–Kier alpha value is -2.19. The highest BCUT2D eigenvalue weighted by atomic mass is 32.2. The molecule has 1 atom stereocenters. The number of rotatable bonds is 4. The lowest BCUT2D eigenvalue weighted by Crippen LogP contribution is -2.40. The molecule has 0 fully saturated rings. The van der Waals surface area contributed by atoms with Crippen LogP contribution in [0.4, 0.5) is 0 Å². The molecule has 1 unspecified atom stereocenters. The second-order valence-corrected chi connectivity index (χ2v) is 7.47. The summed E-state index contributed by atoms with van der Waals surface area (Å²) in [5, 5.41) is 4.24. The van der Waals surface area contributed by atoms with Crippen molar-refractivity contribution in [3.63, 3.8) is 0 Å². The number of sulfonamides is 1. The average molecular weight is 349 g/mol. The van der Waals surface area contributed by atoms with Gasteiger partial charge in [0.15, 0.2) is 0 Å². The van der Waals surface area contributed by atoms with E-state index >= 15 is 0 Å². The summed E-state index contributed by atoms with van der Waals surface area (Å²) in [5.41, 5.74) is 1.46. The second kappa shape index (κ2) is 6.37. The Morgan fingerprint density at radius 1 is 1.33 bits per heavy atom. The predicted octanol–water partition coefficient (Wildman–Crippen LogP) is 0.625. The van der Waals surface area contributed by atoms with Gasteiger partial charge in [-0.15, -0.1) is 0 Å². The lowest BCUT2D eigenvalue weighted by Gasteiger charge is -2.25. The number of ether oxygens (including phenoxy) is 1. The van der Waals surface area contributed by atoms with Gasteiger partial charge >= 0.3 is 0 Å². The van der Waals surface area contributed by atoms with Crippen molar-refractivity contribution in [1.29, 1.82) is 0 Å². The standard InChI is InChI=1S/C16H19N3O4S/c1-19-16(20)10-11-9-12(7-8-13(11)17-19)18-24(21,22)15-6-4-3-5-14(15)23-2/h3-6,10,12,18H,7-9H2,1-2H3. The van der Waals surface area contributed by atoms with Crippen molar-refractivity contribution in [3.05, 3.63) is 51.9 Å². The monoisotopic (exact) mass is 349 g/mol. The summed E-state index contributed by atoms with van der Waals surface area (Å²) < 4.78 is 34.4. The summed E-state index contributed by atoms with van der Waals surface area (Å²) in [6, 6.07) is 7.75. The highest BCUT2D eigenvalue weighted by molar-refractivity contribution is 7.89. The first-order valence-electron chi connectivity index (χ1n) is 7.62. The zero-order chi connectivity index (χ0) is 17.3. The fraction of sp³-hybridized carbons (Fsp3) is 0.375. The third kappa shape index (κ3) is 3.20. The summed E-state index contributed by atoms with van der Waals surface area (Å²) in [5.74, 6) is 0.303. The van der Waals surface area contributed by atoms with Crippen LogP contribution in [0.1, 0.15) is 17.7 Å². The van der Waals surface area contributed by atoms with E-state index in [4.69, 9.17) is 4.74 Å². The Labute approximate surface area is 140 Å². The van der Waals surface area contributed by atoms with Gasteiger partial charge in [0.2, 0.25) is 10.0 Å². The van der Waals surface area contributed by atoms with E-state index < -0.39 is 10.0 Å². The summed E-state index contributed by atoms with van der Waals surface area (Å²) in [7, 11) is -0.655. The minimum Gasteiger partial charge on any atom is -0.495 e. The van der Waals surface area contributed by atoms with E-state index in [1.165, 1.54) is 23.9 Å². The van der Waals surface area contributed by atoms with Crippen LogP contribution >= 0.6 is 0 Å². The Balaban J connectivity index is 1.84. The molecular weight excluding hydrogens is 330 g/mol. The van der Waals surface area contributed by atoms with E-state index in [2.05, 4.69) is 9.82 Å². The van der Waals surface area contributed by atoms with Crippen molar-refractivity contribution >= 4 is 10.0 Å². The molecule has 1 N–H and O–H groups in total. The predicted molar refractivity (Wildman–Crippen MR) is 88.6 cm³/mol. The minimum atomic E-state index is -3.70. The third-order valence-electron chi connectivity index (χ3n) is 4.13. The van der Waals surface area contributed by atoms with Gasteiger partial charge in [0.05, 0.1) is 12.8 Å². The number of nitrogens with zero attached hydrogens (tertiary/aromatic N) is 2. The van der Waals surface area contributed by atoms with Crippen molar-refractivity contribution in [1.82, 2.24) is 14.5 Å². The molecule has 1 aliphatic rings. The molecule has 1 aromatic heterocycles. The van der Waals surface area contributed by atoms with Gasteiger partial charge in [0.25, 0.3) is 5.56 Å². The maximum absolute atomic E-state index is 12.6. The lowest BCUT2D eigenvalue weighted by atomic mass is 9.93. The van der Waals surface area contributed by atoms with E-state index in [1.54, 1.807) is 25.2 Å². The zero-order valence-corrected chi connectivity index (χ0v) is 14.3. The SMILES string of the molecule is COc1ccccc1S(=O)(=O)NC1CCc2nn(C)c(=O)cc2C1. The lowest BCUT2D eigenvalue weighted by molar-refractivity contribution is 0.401. The van der Waals surface area contributed by atoms with Crippen LogP contribution in [0.25, 0.3) is 0 Å². The normalized spacial score (nSPS) is 17.3. The summed E-state index contributed by atoms with van der Waals surface area (Å²) in [6.45, 7) is 0. The smallest absolute Gasteiger partial charge is 0.266 e. The fourth-order valence-electron chi connectivity index (χ4n) is 2.91. The van der Waals surface area contributed by atoms with E-state index in [-0.39, 0.29) is 16.5 Å². The molecule has 0 spiro atoms. The molecule has 8 heteroatoms. The number of hydrogen-bond donors (Lipinski definition) is 1. The Morgan fingerprint density at radius 3 is 2.83 bits per heavy atom. The first kappa shape index (κ1) is 16.7. The van der Waals surface area contributed by atoms with Crippen LogP contribution in [0.5, 0.6) is 5.75 Å². The summed E-state index contributed by atoms with van der Waals surface area (Å²) in [4.78, 5) is 11.8. The maximum atomic E-state index is 12.6. The number of aromatic nitrogens is 2. The molecule has 1 aliphatic carbocycles. The third-order valence-corrected chi connectivity index (χ3v) is 5.69. The van der Waals surface area contributed by atoms with E-state index in [0.717, 1.165) is 11.3 Å². The van der Waals surface area contributed by atoms with Crippen LogP contribution in [0.2, 0.25) is 0 Å². The highest BCUT2D eigenvalue weighted by Gasteiger charge is 2.27. The number of hydrogen-bond acceptors (Lipinski definition) is 5. The van der Waals surface area contributed by atoms with Crippen LogP contribution in [0.15, 0.2) is 40.0 Å². The van der Waals surface area contributed by atoms with Crippen molar-refractivity contribution in [3.8, 4) is 5.75 Å². The number of benzene rings is 1. The van der Waals surface area contributed by atoms with Crippen molar-refractivity contribution in [2.75, 3.05) is 7.11 Å². The second-order valence-electron chi connectivity index (χ2n) is 5.79. The molecule has 128 valence electrons. The molecule has 0 saturated heterocycles. The van der Waals surface area contributed by atoms with Gasteiger partial charge in [-0.3, -0.25) is 4.79 Å². The molecule has 3 rings (SSSR count). The van der Waals surface area contributed by atoms with Crippen LogP contribution in [0.3, 0.4) is 0 Å². The van der Waals surface area contributed by atoms with Crippen molar-refractivity contribution in [2.24, 2.45) is 7.05 Å². The summed E-state index contributed by atoms with van der Waals surface area (Å²) >= 11 is 0.